The molecule has 0 aliphatic heterocycles. The molecule has 0 saturated heterocycles. The lowest BCUT2D eigenvalue weighted by atomic mass is 9.71. The molecule has 2 saturated carbocycles. The molecule has 2 aliphatic rings. The van der Waals surface area contributed by atoms with E-state index in [9.17, 15) is 0 Å². The summed E-state index contributed by atoms with van der Waals surface area (Å²) in [5.74, 6) is 3.97. The molecule has 0 N–H and O–H groups in total. The summed E-state index contributed by atoms with van der Waals surface area (Å²) in [5, 5.41) is 0. The monoisotopic (exact) mass is 193 g/mol. The molecule has 0 nitrogen and oxygen atoms in total. The van der Waals surface area contributed by atoms with Gasteiger partial charge in [-0.25, -0.2) is 0 Å². The van der Waals surface area contributed by atoms with Gasteiger partial charge in [0, 0.05) is 0 Å². The van der Waals surface area contributed by atoms with E-state index in [1.807, 2.05) is 5.92 Å². The molecule has 2 aliphatic carbocycles. The second-order valence-corrected chi connectivity index (χ2v) is 5.44. The molecule has 0 heteroatoms. The van der Waals surface area contributed by atoms with Gasteiger partial charge in [-0.3, -0.25) is 0 Å². The third-order valence-corrected chi connectivity index (χ3v) is 4.38. The van der Waals surface area contributed by atoms with E-state index in [1.165, 1.54) is 64.2 Å². The smallest absolute Gasteiger partial charge is 0.0207 e. The highest BCUT2D eigenvalue weighted by Gasteiger charge is 2.29. The van der Waals surface area contributed by atoms with Gasteiger partial charge in [0.1, 0.15) is 0 Å². The van der Waals surface area contributed by atoms with E-state index < -0.39 is 0 Å². The lowest BCUT2D eigenvalue weighted by Crippen LogP contribution is -2.23. The Bertz CT molecular complexity index is 153. The van der Waals surface area contributed by atoms with Gasteiger partial charge in [-0.2, -0.15) is 0 Å². The van der Waals surface area contributed by atoms with Crippen LogP contribution in [0.5, 0.6) is 0 Å². The van der Waals surface area contributed by atoms with Crippen molar-refractivity contribution in [2.24, 2.45) is 11.8 Å². The highest BCUT2D eigenvalue weighted by atomic mass is 14.3. The van der Waals surface area contributed by atoms with E-state index in [1.54, 1.807) is 0 Å². The number of hydrogen-bond acceptors (Lipinski definition) is 0. The zero-order chi connectivity index (χ0) is 9.80. The van der Waals surface area contributed by atoms with Crippen LogP contribution in [0.1, 0.15) is 71.1 Å². The van der Waals surface area contributed by atoms with Crippen molar-refractivity contribution in [1.29, 1.82) is 0 Å². The van der Waals surface area contributed by atoms with Crippen LogP contribution in [0.15, 0.2) is 0 Å². The average molecular weight is 193 g/mol. The SMILES string of the molecule is CC1CCCCC1[C]1CCCCCC1. The van der Waals surface area contributed by atoms with Gasteiger partial charge in [-0.1, -0.05) is 51.9 Å². The minimum atomic E-state index is 0.997. The molecule has 0 amide bonds. The molecule has 0 heterocycles. The standard InChI is InChI=1S/C14H25/c1-12-8-6-7-11-14(12)13-9-4-2-3-5-10-13/h12,14H,2-11H2,1H3. The van der Waals surface area contributed by atoms with Crippen molar-refractivity contribution in [2.75, 3.05) is 0 Å². The normalized spacial score (nSPS) is 36.6. The van der Waals surface area contributed by atoms with Crippen molar-refractivity contribution in [3.8, 4) is 0 Å². The van der Waals surface area contributed by atoms with Gasteiger partial charge < -0.3 is 0 Å². The first kappa shape index (κ1) is 10.5. The summed E-state index contributed by atoms with van der Waals surface area (Å²) in [6, 6.07) is 0. The number of rotatable bonds is 1. The summed E-state index contributed by atoms with van der Waals surface area (Å²) in [6.07, 6.45) is 14.9. The summed E-state index contributed by atoms with van der Waals surface area (Å²) < 4.78 is 0. The Morgan fingerprint density at radius 1 is 0.786 bits per heavy atom. The largest absolute Gasteiger partial charge is 0.0622 e. The molecular weight excluding hydrogens is 168 g/mol. The van der Waals surface area contributed by atoms with Crippen molar-refractivity contribution < 1.29 is 0 Å². The first-order chi connectivity index (χ1) is 6.88. The van der Waals surface area contributed by atoms with Gasteiger partial charge in [0.25, 0.3) is 0 Å². The topological polar surface area (TPSA) is 0 Å². The van der Waals surface area contributed by atoms with Crippen molar-refractivity contribution in [2.45, 2.75) is 71.1 Å². The molecular formula is C14H25. The fourth-order valence-electron chi connectivity index (χ4n) is 3.48. The van der Waals surface area contributed by atoms with Gasteiger partial charge in [0.15, 0.2) is 0 Å². The van der Waals surface area contributed by atoms with Crippen LogP contribution in [-0.2, 0) is 0 Å². The van der Waals surface area contributed by atoms with E-state index in [-0.39, 0.29) is 0 Å². The van der Waals surface area contributed by atoms with Crippen LogP contribution in [-0.4, -0.2) is 0 Å². The molecule has 2 rings (SSSR count). The van der Waals surface area contributed by atoms with Crippen LogP contribution >= 0.6 is 0 Å². The Hall–Kier alpha value is 0. The quantitative estimate of drug-likeness (QED) is 0.528. The molecule has 0 bridgehead atoms. The van der Waals surface area contributed by atoms with Crippen molar-refractivity contribution >= 4 is 0 Å². The Labute approximate surface area is 89.5 Å². The predicted molar refractivity (Wildman–Crippen MR) is 62.1 cm³/mol. The summed E-state index contributed by atoms with van der Waals surface area (Å²) in [6.45, 7) is 2.49. The second-order valence-electron chi connectivity index (χ2n) is 5.44. The third-order valence-electron chi connectivity index (χ3n) is 4.38. The zero-order valence-corrected chi connectivity index (χ0v) is 9.73. The summed E-state index contributed by atoms with van der Waals surface area (Å²) >= 11 is 0. The molecule has 1 radical (unpaired) electrons. The zero-order valence-electron chi connectivity index (χ0n) is 9.73. The lowest BCUT2D eigenvalue weighted by Gasteiger charge is -2.34. The van der Waals surface area contributed by atoms with Crippen LogP contribution in [0.25, 0.3) is 0 Å². The highest BCUT2D eigenvalue weighted by Crippen LogP contribution is 2.41. The summed E-state index contributed by atoms with van der Waals surface area (Å²) in [5.41, 5.74) is 0. The van der Waals surface area contributed by atoms with Crippen LogP contribution in [0.2, 0.25) is 0 Å². The maximum absolute atomic E-state index is 2.49. The summed E-state index contributed by atoms with van der Waals surface area (Å²) in [7, 11) is 0. The molecule has 0 aromatic rings. The Kier molecular flexibility index (Phi) is 3.89. The Balaban J connectivity index is 1.90. The van der Waals surface area contributed by atoms with E-state index in [4.69, 9.17) is 0 Å². The van der Waals surface area contributed by atoms with E-state index in [2.05, 4.69) is 6.92 Å². The van der Waals surface area contributed by atoms with Crippen molar-refractivity contribution in [3.05, 3.63) is 5.92 Å². The second kappa shape index (κ2) is 5.19. The van der Waals surface area contributed by atoms with Crippen LogP contribution in [0.3, 0.4) is 0 Å². The molecule has 2 atom stereocenters. The van der Waals surface area contributed by atoms with Crippen molar-refractivity contribution in [1.82, 2.24) is 0 Å². The first-order valence-electron chi connectivity index (χ1n) is 6.72. The van der Waals surface area contributed by atoms with Crippen LogP contribution < -0.4 is 0 Å². The molecule has 2 fully saturated rings. The predicted octanol–water partition coefficient (Wildman–Crippen LogP) is 4.74. The maximum atomic E-state index is 2.49. The first-order valence-corrected chi connectivity index (χ1v) is 6.72. The minimum absolute atomic E-state index is 0.997. The molecule has 81 valence electrons. The molecule has 2 unspecified atom stereocenters. The Morgan fingerprint density at radius 3 is 2.07 bits per heavy atom. The summed E-state index contributed by atoms with van der Waals surface area (Å²) in [4.78, 5) is 0. The number of hydrogen-bond donors (Lipinski definition) is 0. The average Bonchev–Trinajstić information content (AvgIpc) is 2.47. The van der Waals surface area contributed by atoms with Gasteiger partial charge in [0.2, 0.25) is 0 Å². The van der Waals surface area contributed by atoms with Gasteiger partial charge >= 0.3 is 0 Å². The third kappa shape index (κ3) is 2.52. The molecule has 0 spiro atoms. The molecule has 14 heavy (non-hydrogen) atoms. The van der Waals surface area contributed by atoms with Crippen LogP contribution in [0.4, 0.5) is 0 Å². The Morgan fingerprint density at radius 2 is 1.43 bits per heavy atom. The van der Waals surface area contributed by atoms with Gasteiger partial charge in [0.05, 0.1) is 0 Å². The van der Waals surface area contributed by atoms with Crippen molar-refractivity contribution in [3.63, 3.8) is 0 Å². The fourth-order valence-corrected chi connectivity index (χ4v) is 3.48. The lowest BCUT2D eigenvalue weighted by molar-refractivity contribution is 0.252. The minimum Gasteiger partial charge on any atom is -0.0622 e. The molecule has 0 aromatic carbocycles. The van der Waals surface area contributed by atoms with Gasteiger partial charge in [-0.05, 0) is 37.0 Å². The molecule has 0 aromatic heterocycles. The fraction of sp³-hybridized carbons (Fsp3) is 0.929. The van der Waals surface area contributed by atoms with E-state index >= 15 is 0 Å². The van der Waals surface area contributed by atoms with E-state index in [0.29, 0.717) is 0 Å². The van der Waals surface area contributed by atoms with E-state index in [0.717, 1.165) is 11.8 Å². The maximum Gasteiger partial charge on any atom is -0.0207 e. The van der Waals surface area contributed by atoms with Crippen LogP contribution in [0, 0.1) is 17.8 Å². The highest BCUT2D eigenvalue weighted by molar-refractivity contribution is 5.00. The van der Waals surface area contributed by atoms with Gasteiger partial charge in [-0.15, -0.1) is 0 Å².